The zero-order chi connectivity index (χ0) is 27.4. The second-order valence-corrected chi connectivity index (χ2v) is 11.6. The number of aliphatic hydroxyl groups excluding tert-OH is 1. The van der Waals surface area contributed by atoms with Gasteiger partial charge in [-0.2, -0.15) is 0 Å². The van der Waals surface area contributed by atoms with Crippen LogP contribution in [0.25, 0.3) is 11.4 Å². The van der Waals surface area contributed by atoms with Crippen molar-refractivity contribution in [2.45, 2.75) is 84.7 Å². The number of hydrogen-bond donors (Lipinski definition) is 1. The lowest BCUT2D eigenvalue weighted by Crippen LogP contribution is -2.36. The molecule has 0 saturated carbocycles. The van der Waals surface area contributed by atoms with E-state index in [0.717, 1.165) is 69.1 Å². The quantitative estimate of drug-likeness (QED) is 0.337. The number of aromatic nitrogens is 2. The van der Waals surface area contributed by atoms with Crippen LogP contribution in [0.2, 0.25) is 0 Å². The van der Waals surface area contributed by atoms with Gasteiger partial charge in [0, 0.05) is 49.1 Å². The maximum atomic E-state index is 9.50. The molecule has 2 heterocycles. The van der Waals surface area contributed by atoms with Gasteiger partial charge in [0.1, 0.15) is 5.82 Å². The summed E-state index contributed by atoms with van der Waals surface area (Å²) in [4.78, 5) is 15.6. The van der Waals surface area contributed by atoms with E-state index in [9.17, 15) is 5.11 Å². The third-order valence-electron chi connectivity index (χ3n) is 9.14. The van der Waals surface area contributed by atoms with Crippen LogP contribution in [0.5, 0.6) is 0 Å². The summed E-state index contributed by atoms with van der Waals surface area (Å²) in [6, 6.07) is 16.0. The molecule has 0 amide bonds. The highest BCUT2D eigenvalue weighted by atomic mass is 16.3. The predicted molar refractivity (Wildman–Crippen MR) is 161 cm³/mol. The monoisotopic (exact) mass is 526 g/mol. The number of hydrogen-bond acceptors (Lipinski definition) is 5. The highest BCUT2D eigenvalue weighted by Gasteiger charge is 2.28. The van der Waals surface area contributed by atoms with Gasteiger partial charge < -0.3 is 10.0 Å². The van der Waals surface area contributed by atoms with E-state index in [4.69, 9.17) is 9.97 Å². The molecule has 2 aromatic carbocycles. The second-order valence-electron chi connectivity index (χ2n) is 11.6. The smallest absolute Gasteiger partial charge is 0.162 e. The third kappa shape index (κ3) is 5.90. The number of aryl methyl sites for hydroxylation is 4. The van der Waals surface area contributed by atoms with Crippen LogP contribution in [-0.2, 0) is 25.8 Å². The Kier molecular flexibility index (Phi) is 8.99. The number of fused-ring (bicyclic) bond motifs is 1. The molecule has 1 saturated heterocycles. The van der Waals surface area contributed by atoms with E-state index in [2.05, 4.69) is 80.1 Å². The molecule has 5 nitrogen and oxygen atoms in total. The SMILES string of the molecule is CCc1cccc(CC)c1-c1nc(C)c(CN(C)[C@H]2CCCc3ccccc32)c(N2CCC(CCO)CC2)n1. The predicted octanol–water partition coefficient (Wildman–Crippen LogP) is 6.69. The van der Waals surface area contributed by atoms with Crippen molar-refractivity contribution in [3.05, 3.63) is 76.0 Å². The van der Waals surface area contributed by atoms with E-state index >= 15 is 0 Å². The first-order valence-corrected chi connectivity index (χ1v) is 15.2. The number of aliphatic hydroxyl groups is 1. The number of rotatable bonds is 9. The van der Waals surface area contributed by atoms with Gasteiger partial charge in [-0.1, -0.05) is 56.3 Å². The number of anilines is 1. The topological polar surface area (TPSA) is 52.5 Å². The normalized spacial score (nSPS) is 18.0. The summed E-state index contributed by atoms with van der Waals surface area (Å²) in [6.45, 7) is 9.73. The minimum atomic E-state index is 0.286. The van der Waals surface area contributed by atoms with E-state index in [1.807, 2.05) is 0 Å². The van der Waals surface area contributed by atoms with E-state index in [0.29, 0.717) is 12.0 Å². The number of benzene rings is 2. The summed E-state index contributed by atoms with van der Waals surface area (Å²) >= 11 is 0. The molecule has 1 N–H and O–H groups in total. The number of nitrogens with zero attached hydrogens (tertiary/aromatic N) is 4. The van der Waals surface area contributed by atoms with Crippen LogP contribution in [0.15, 0.2) is 42.5 Å². The van der Waals surface area contributed by atoms with E-state index in [-0.39, 0.29) is 6.61 Å². The zero-order valence-corrected chi connectivity index (χ0v) is 24.4. The van der Waals surface area contributed by atoms with Crippen LogP contribution in [0.3, 0.4) is 0 Å². The molecule has 1 fully saturated rings. The minimum Gasteiger partial charge on any atom is -0.396 e. The highest BCUT2D eigenvalue weighted by molar-refractivity contribution is 5.68. The van der Waals surface area contributed by atoms with Crippen molar-refractivity contribution < 1.29 is 5.11 Å². The summed E-state index contributed by atoms with van der Waals surface area (Å²) in [7, 11) is 2.28. The Balaban J connectivity index is 1.54. The van der Waals surface area contributed by atoms with Crippen LogP contribution in [-0.4, -0.2) is 46.7 Å². The van der Waals surface area contributed by atoms with Crippen molar-refractivity contribution in [2.75, 3.05) is 31.6 Å². The lowest BCUT2D eigenvalue weighted by molar-refractivity contribution is 0.212. The standard InChI is InChI=1S/C34H46N4O/c1-5-26-12-9-13-27(6-2)32(26)33-35-24(3)30(34(36-33)38-20-17-25(18-21-38)19-22-39)23-37(4)31-16-10-14-28-11-7-8-15-29(28)31/h7-9,11-13,15,25,31,39H,5-6,10,14,16-23H2,1-4H3/t31-/m0/s1. The third-order valence-corrected chi connectivity index (χ3v) is 9.14. The second kappa shape index (κ2) is 12.6. The van der Waals surface area contributed by atoms with Gasteiger partial charge in [-0.05, 0) is 93.5 Å². The average Bonchev–Trinajstić information content (AvgIpc) is 2.97. The number of piperidine rings is 1. The molecule has 0 spiro atoms. The van der Waals surface area contributed by atoms with Crippen LogP contribution < -0.4 is 4.90 Å². The molecule has 208 valence electrons. The Hall–Kier alpha value is -2.76. The maximum absolute atomic E-state index is 9.50. The van der Waals surface area contributed by atoms with Crippen LogP contribution >= 0.6 is 0 Å². The summed E-state index contributed by atoms with van der Waals surface area (Å²) in [6.07, 6.45) is 8.67. The van der Waals surface area contributed by atoms with E-state index < -0.39 is 0 Å². The Labute approximate surface area is 235 Å². The molecule has 0 unspecified atom stereocenters. The van der Waals surface area contributed by atoms with Gasteiger partial charge in [0.05, 0.1) is 0 Å². The van der Waals surface area contributed by atoms with Crippen LogP contribution in [0, 0.1) is 12.8 Å². The molecule has 3 aromatic rings. The van der Waals surface area contributed by atoms with Crippen LogP contribution in [0.1, 0.15) is 85.5 Å². The molecule has 2 aliphatic rings. The van der Waals surface area contributed by atoms with Crippen molar-refractivity contribution in [2.24, 2.45) is 5.92 Å². The molecular formula is C34H46N4O. The van der Waals surface area contributed by atoms with Crippen molar-refractivity contribution in [1.82, 2.24) is 14.9 Å². The Morgan fingerprint density at radius 1 is 0.949 bits per heavy atom. The molecule has 5 heteroatoms. The van der Waals surface area contributed by atoms with Crippen molar-refractivity contribution in [3.8, 4) is 11.4 Å². The molecule has 1 aliphatic carbocycles. The lowest BCUT2D eigenvalue weighted by Gasteiger charge is -2.37. The Morgan fingerprint density at radius 2 is 1.67 bits per heavy atom. The molecule has 1 atom stereocenters. The zero-order valence-electron chi connectivity index (χ0n) is 24.4. The Bertz CT molecular complexity index is 1240. The van der Waals surface area contributed by atoms with Crippen molar-refractivity contribution >= 4 is 5.82 Å². The minimum absolute atomic E-state index is 0.286. The molecule has 39 heavy (non-hydrogen) atoms. The van der Waals surface area contributed by atoms with Gasteiger partial charge in [0.15, 0.2) is 5.82 Å². The molecule has 0 radical (unpaired) electrons. The van der Waals surface area contributed by atoms with E-state index in [1.54, 1.807) is 0 Å². The highest BCUT2D eigenvalue weighted by Crippen LogP contribution is 2.37. The molecule has 5 rings (SSSR count). The van der Waals surface area contributed by atoms with Gasteiger partial charge >= 0.3 is 0 Å². The fourth-order valence-corrected chi connectivity index (χ4v) is 6.83. The maximum Gasteiger partial charge on any atom is 0.162 e. The fourth-order valence-electron chi connectivity index (χ4n) is 6.83. The first-order chi connectivity index (χ1) is 19.0. The van der Waals surface area contributed by atoms with Gasteiger partial charge in [0.25, 0.3) is 0 Å². The van der Waals surface area contributed by atoms with E-state index in [1.165, 1.54) is 52.6 Å². The summed E-state index contributed by atoms with van der Waals surface area (Å²) < 4.78 is 0. The van der Waals surface area contributed by atoms with Gasteiger partial charge in [-0.25, -0.2) is 9.97 Å². The largest absolute Gasteiger partial charge is 0.396 e. The summed E-state index contributed by atoms with van der Waals surface area (Å²) in [5.41, 5.74) is 9.21. The van der Waals surface area contributed by atoms with Crippen molar-refractivity contribution in [1.29, 1.82) is 0 Å². The van der Waals surface area contributed by atoms with Gasteiger partial charge in [-0.3, -0.25) is 4.90 Å². The molecule has 1 aromatic heterocycles. The fraction of sp³-hybridized carbons (Fsp3) is 0.529. The van der Waals surface area contributed by atoms with Gasteiger partial charge in [-0.15, -0.1) is 0 Å². The summed E-state index contributed by atoms with van der Waals surface area (Å²) in [5, 5.41) is 9.50. The first kappa shape index (κ1) is 27.8. The average molecular weight is 527 g/mol. The lowest BCUT2D eigenvalue weighted by atomic mass is 9.87. The van der Waals surface area contributed by atoms with Gasteiger partial charge in [0.2, 0.25) is 0 Å². The molecular weight excluding hydrogens is 480 g/mol. The Morgan fingerprint density at radius 3 is 2.36 bits per heavy atom. The molecule has 0 bridgehead atoms. The molecule has 1 aliphatic heterocycles. The van der Waals surface area contributed by atoms with Crippen molar-refractivity contribution in [3.63, 3.8) is 0 Å². The van der Waals surface area contributed by atoms with Crippen LogP contribution in [0.4, 0.5) is 5.82 Å². The first-order valence-electron chi connectivity index (χ1n) is 15.2. The summed E-state index contributed by atoms with van der Waals surface area (Å²) in [5.74, 6) is 2.60.